The monoisotopic (exact) mass is 248 g/mol. The summed E-state index contributed by atoms with van der Waals surface area (Å²) < 4.78 is 6.34. The van der Waals surface area contributed by atoms with E-state index in [2.05, 4.69) is 34.3 Å². The molecule has 0 fully saturated rings. The summed E-state index contributed by atoms with van der Waals surface area (Å²) in [5, 5.41) is 0.716. The van der Waals surface area contributed by atoms with E-state index in [-0.39, 0.29) is 6.10 Å². The third-order valence-corrected chi connectivity index (χ3v) is 8.11. The Balaban J connectivity index is 4.40. The second-order valence-electron chi connectivity index (χ2n) is 4.11. The highest BCUT2D eigenvalue weighted by Crippen LogP contribution is 2.26. The molecule has 0 saturated heterocycles. The maximum absolute atomic E-state index is 6.34. The minimum atomic E-state index is -1.47. The fraction of sp³-hybridized carbons (Fsp3) is 0.833. The van der Waals surface area contributed by atoms with Gasteiger partial charge in [0.25, 0.3) is 0 Å². The topological polar surface area (TPSA) is 9.23 Å². The third-order valence-electron chi connectivity index (χ3n) is 3.25. The molecule has 90 valence electrons. The molecule has 1 unspecified atom stereocenters. The van der Waals surface area contributed by atoms with Crippen LogP contribution in [0.1, 0.15) is 40.5 Å². The van der Waals surface area contributed by atoms with Crippen LogP contribution in [0.4, 0.5) is 0 Å². The summed E-state index contributed by atoms with van der Waals surface area (Å²) in [6, 6.07) is 3.60. The summed E-state index contributed by atoms with van der Waals surface area (Å²) in [6.45, 7) is 12.7. The van der Waals surface area contributed by atoms with Gasteiger partial charge in [0.15, 0.2) is 8.32 Å². The average Bonchev–Trinajstić information content (AvgIpc) is 2.24. The van der Waals surface area contributed by atoms with Gasteiger partial charge < -0.3 is 4.43 Å². The van der Waals surface area contributed by atoms with Crippen LogP contribution >= 0.6 is 11.6 Å². The van der Waals surface area contributed by atoms with Crippen molar-refractivity contribution in [2.75, 3.05) is 0 Å². The Morgan fingerprint density at radius 2 is 1.67 bits per heavy atom. The van der Waals surface area contributed by atoms with Crippen molar-refractivity contribution in [3.8, 4) is 0 Å². The third kappa shape index (κ3) is 5.18. The van der Waals surface area contributed by atoms with Crippen LogP contribution in [-0.4, -0.2) is 14.4 Å². The van der Waals surface area contributed by atoms with Gasteiger partial charge in [-0.3, -0.25) is 0 Å². The summed E-state index contributed by atoms with van der Waals surface area (Å²) in [6.07, 6.45) is 2.11. The molecular weight excluding hydrogens is 224 g/mol. The first kappa shape index (κ1) is 15.2. The van der Waals surface area contributed by atoms with Gasteiger partial charge in [-0.25, -0.2) is 0 Å². The van der Waals surface area contributed by atoms with Gasteiger partial charge in [0.05, 0.1) is 0 Å². The Hall–Kier alpha value is 0.207. The van der Waals surface area contributed by atoms with Gasteiger partial charge in [-0.1, -0.05) is 45.9 Å². The van der Waals surface area contributed by atoms with Crippen molar-refractivity contribution >= 4 is 19.9 Å². The molecule has 0 aliphatic heterocycles. The van der Waals surface area contributed by atoms with Crippen molar-refractivity contribution in [2.45, 2.75) is 64.8 Å². The minimum Gasteiger partial charge on any atom is -0.414 e. The zero-order chi connectivity index (χ0) is 11.9. The second kappa shape index (κ2) is 7.48. The van der Waals surface area contributed by atoms with E-state index >= 15 is 0 Å². The normalized spacial score (nSPS) is 13.9. The van der Waals surface area contributed by atoms with Crippen molar-refractivity contribution in [3.05, 3.63) is 11.6 Å². The summed E-state index contributed by atoms with van der Waals surface area (Å²) in [5.41, 5.74) is 0. The SMILES string of the molecule is C=C(Cl)CC(CC)O[Si](CC)(CC)CC. The van der Waals surface area contributed by atoms with E-state index in [0.29, 0.717) is 5.03 Å². The van der Waals surface area contributed by atoms with E-state index < -0.39 is 8.32 Å². The fourth-order valence-corrected chi connectivity index (χ4v) is 5.00. The van der Waals surface area contributed by atoms with E-state index in [1.807, 2.05) is 0 Å². The van der Waals surface area contributed by atoms with E-state index in [9.17, 15) is 0 Å². The van der Waals surface area contributed by atoms with Gasteiger partial charge in [0, 0.05) is 17.6 Å². The molecule has 0 aromatic carbocycles. The highest BCUT2D eigenvalue weighted by Gasteiger charge is 2.31. The van der Waals surface area contributed by atoms with Gasteiger partial charge in [0.1, 0.15) is 0 Å². The number of halogens is 1. The van der Waals surface area contributed by atoms with Gasteiger partial charge in [-0.15, -0.1) is 0 Å². The molecule has 3 heteroatoms. The van der Waals surface area contributed by atoms with E-state index in [4.69, 9.17) is 16.0 Å². The standard InChI is InChI=1S/C12H25ClOSi/c1-6-12(10-11(5)13)14-15(7-2,8-3)9-4/h12H,5-10H2,1-4H3. The predicted molar refractivity (Wildman–Crippen MR) is 72.0 cm³/mol. The molecule has 15 heavy (non-hydrogen) atoms. The van der Waals surface area contributed by atoms with Gasteiger partial charge >= 0.3 is 0 Å². The lowest BCUT2D eigenvalue weighted by atomic mass is 10.2. The van der Waals surface area contributed by atoms with Crippen molar-refractivity contribution in [3.63, 3.8) is 0 Å². The predicted octanol–water partition coefficient (Wildman–Crippen LogP) is 4.93. The molecule has 0 amide bonds. The largest absolute Gasteiger partial charge is 0.414 e. The van der Waals surface area contributed by atoms with Crippen molar-refractivity contribution in [1.82, 2.24) is 0 Å². The van der Waals surface area contributed by atoms with Gasteiger partial charge in [-0.05, 0) is 24.6 Å². The molecule has 0 aromatic heterocycles. The van der Waals surface area contributed by atoms with Crippen LogP contribution in [0.5, 0.6) is 0 Å². The molecule has 1 atom stereocenters. The molecule has 0 aliphatic rings. The molecule has 1 nitrogen and oxygen atoms in total. The highest BCUT2D eigenvalue weighted by molar-refractivity contribution is 6.73. The quantitative estimate of drug-likeness (QED) is 0.554. The van der Waals surface area contributed by atoms with Crippen LogP contribution < -0.4 is 0 Å². The first-order chi connectivity index (χ1) is 7.03. The molecule has 0 bridgehead atoms. The van der Waals surface area contributed by atoms with Crippen LogP contribution in [0, 0.1) is 0 Å². The summed E-state index contributed by atoms with van der Waals surface area (Å²) >= 11 is 5.85. The molecular formula is C12H25ClOSi. The first-order valence-corrected chi connectivity index (χ1v) is 8.95. The summed E-state index contributed by atoms with van der Waals surface area (Å²) in [4.78, 5) is 0. The van der Waals surface area contributed by atoms with Crippen molar-refractivity contribution < 1.29 is 4.43 Å². The molecule has 0 aromatic rings. The molecule has 0 N–H and O–H groups in total. The Morgan fingerprint density at radius 1 is 1.20 bits per heavy atom. The molecule has 0 aliphatic carbocycles. The number of hydrogen-bond acceptors (Lipinski definition) is 1. The second-order valence-corrected chi connectivity index (χ2v) is 9.37. The molecule has 0 radical (unpaired) electrons. The number of rotatable bonds is 8. The number of hydrogen-bond donors (Lipinski definition) is 0. The minimum absolute atomic E-state index is 0.279. The molecule has 0 heterocycles. The first-order valence-electron chi connectivity index (χ1n) is 6.04. The lowest BCUT2D eigenvalue weighted by Crippen LogP contribution is -2.39. The summed E-state index contributed by atoms with van der Waals surface area (Å²) in [7, 11) is -1.47. The lowest BCUT2D eigenvalue weighted by molar-refractivity contribution is 0.184. The van der Waals surface area contributed by atoms with Crippen LogP contribution in [0.15, 0.2) is 11.6 Å². The van der Waals surface area contributed by atoms with E-state index in [0.717, 1.165) is 12.8 Å². The highest BCUT2D eigenvalue weighted by atomic mass is 35.5. The van der Waals surface area contributed by atoms with Crippen LogP contribution in [0.25, 0.3) is 0 Å². The van der Waals surface area contributed by atoms with Crippen LogP contribution in [-0.2, 0) is 4.43 Å². The maximum Gasteiger partial charge on any atom is 0.192 e. The Kier molecular flexibility index (Phi) is 7.58. The molecule has 0 spiro atoms. The molecule has 0 rings (SSSR count). The zero-order valence-electron chi connectivity index (χ0n) is 10.6. The van der Waals surface area contributed by atoms with Crippen LogP contribution in [0.2, 0.25) is 18.1 Å². The van der Waals surface area contributed by atoms with E-state index in [1.165, 1.54) is 18.1 Å². The molecule has 0 saturated carbocycles. The average molecular weight is 249 g/mol. The smallest absolute Gasteiger partial charge is 0.192 e. The maximum atomic E-state index is 6.34. The van der Waals surface area contributed by atoms with Gasteiger partial charge in [-0.2, -0.15) is 0 Å². The van der Waals surface area contributed by atoms with Gasteiger partial charge in [0.2, 0.25) is 0 Å². The lowest BCUT2D eigenvalue weighted by Gasteiger charge is -2.32. The zero-order valence-corrected chi connectivity index (χ0v) is 12.4. The Bertz CT molecular complexity index is 182. The van der Waals surface area contributed by atoms with Crippen molar-refractivity contribution in [1.29, 1.82) is 0 Å². The van der Waals surface area contributed by atoms with E-state index in [1.54, 1.807) is 0 Å². The Morgan fingerprint density at radius 3 is 1.93 bits per heavy atom. The van der Waals surface area contributed by atoms with Crippen molar-refractivity contribution in [2.24, 2.45) is 0 Å². The van der Waals surface area contributed by atoms with Crippen LogP contribution in [0.3, 0.4) is 0 Å². The summed E-state index contributed by atoms with van der Waals surface area (Å²) in [5.74, 6) is 0. The fourth-order valence-electron chi connectivity index (χ4n) is 1.87. The Labute approximate surface area is 101 Å².